The summed E-state index contributed by atoms with van der Waals surface area (Å²) in [4.78, 5) is 13.6. The highest BCUT2D eigenvalue weighted by molar-refractivity contribution is 9.10. The average molecular weight is 456 g/mol. The van der Waals surface area contributed by atoms with E-state index in [0.717, 1.165) is 15.1 Å². The van der Waals surface area contributed by atoms with Gasteiger partial charge in [0.05, 0.1) is 11.4 Å². The van der Waals surface area contributed by atoms with Gasteiger partial charge in [-0.25, -0.2) is 9.36 Å². The first-order chi connectivity index (χ1) is 13.6. The van der Waals surface area contributed by atoms with Gasteiger partial charge in [0, 0.05) is 34.4 Å². The van der Waals surface area contributed by atoms with Gasteiger partial charge >= 0.3 is 0 Å². The number of aryl methyl sites for hydroxylation is 1. The highest BCUT2D eigenvalue weighted by Gasteiger charge is 2.13. The summed E-state index contributed by atoms with van der Waals surface area (Å²) in [5.41, 5.74) is 2.10. The van der Waals surface area contributed by atoms with Crippen LogP contribution in [0.25, 0.3) is 5.69 Å². The van der Waals surface area contributed by atoms with Gasteiger partial charge in [0.1, 0.15) is 0 Å². The molecule has 0 radical (unpaired) electrons. The van der Waals surface area contributed by atoms with Gasteiger partial charge in [-0.15, -0.1) is 5.10 Å². The maximum absolute atomic E-state index is 12.7. The van der Waals surface area contributed by atoms with Crippen molar-refractivity contribution in [2.75, 3.05) is 5.32 Å². The van der Waals surface area contributed by atoms with Crippen molar-refractivity contribution in [2.45, 2.75) is 10.1 Å². The molecule has 0 atom stereocenters. The van der Waals surface area contributed by atoms with Crippen LogP contribution >= 0.6 is 27.7 Å². The molecule has 0 saturated carbocycles. The van der Waals surface area contributed by atoms with E-state index in [1.807, 2.05) is 42.6 Å². The fraction of sp³-hybridized carbons (Fsp3) is 0.0556. The quantitative estimate of drug-likeness (QED) is 0.494. The first kappa shape index (κ1) is 18.4. The SMILES string of the molecule is Cn1nnnc1Sc1ccc(Br)cc1NC(=O)c1ccc(-n2cccn2)cc1. The van der Waals surface area contributed by atoms with E-state index in [-0.39, 0.29) is 5.91 Å². The van der Waals surface area contributed by atoms with Crippen molar-refractivity contribution in [3.8, 4) is 5.69 Å². The van der Waals surface area contributed by atoms with Crippen molar-refractivity contribution >= 4 is 39.3 Å². The Morgan fingerprint density at radius 2 is 2.00 bits per heavy atom. The van der Waals surface area contributed by atoms with Gasteiger partial charge in [-0.05, 0) is 70.7 Å². The van der Waals surface area contributed by atoms with E-state index in [1.165, 1.54) is 11.8 Å². The highest BCUT2D eigenvalue weighted by atomic mass is 79.9. The molecule has 0 bridgehead atoms. The van der Waals surface area contributed by atoms with Gasteiger partial charge < -0.3 is 5.32 Å². The molecule has 0 unspecified atom stereocenters. The van der Waals surface area contributed by atoms with Crippen LogP contribution < -0.4 is 5.32 Å². The summed E-state index contributed by atoms with van der Waals surface area (Å²) in [7, 11) is 1.76. The number of amides is 1. The zero-order valence-electron chi connectivity index (χ0n) is 14.7. The van der Waals surface area contributed by atoms with Gasteiger partial charge in [0.2, 0.25) is 5.16 Å². The lowest BCUT2D eigenvalue weighted by molar-refractivity contribution is 0.102. The van der Waals surface area contributed by atoms with Gasteiger partial charge in [-0.1, -0.05) is 15.9 Å². The van der Waals surface area contributed by atoms with Crippen LogP contribution in [-0.2, 0) is 7.05 Å². The van der Waals surface area contributed by atoms with Crippen molar-refractivity contribution in [1.82, 2.24) is 30.0 Å². The molecule has 0 fully saturated rings. The van der Waals surface area contributed by atoms with Gasteiger partial charge in [0.15, 0.2) is 0 Å². The first-order valence-electron chi connectivity index (χ1n) is 8.21. The molecule has 2 heterocycles. The number of carbonyl (C=O) groups excluding carboxylic acids is 1. The fourth-order valence-corrected chi connectivity index (χ4v) is 3.64. The van der Waals surface area contributed by atoms with Crippen LogP contribution in [0.1, 0.15) is 10.4 Å². The molecule has 0 aliphatic heterocycles. The van der Waals surface area contributed by atoms with Crippen LogP contribution in [-0.4, -0.2) is 35.9 Å². The van der Waals surface area contributed by atoms with Crippen molar-refractivity contribution in [1.29, 1.82) is 0 Å². The van der Waals surface area contributed by atoms with E-state index >= 15 is 0 Å². The number of tetrazole rings is 1. The van der Waals surface area contributed by atoms with Crippen LogP contribution in [0.15, 0.2) is 75.4 Å². The number of nitrogens with zero attached hydrogens (tertiary/aromatic N) is 6. The predicted octanol–water partition coefficient (Wildman–Crippen LogP) is 3.56. The van der Waals surface area contributed by atoms with E-state index in [4.69, 9.17) is 0 Å². The lowest BCUT2D eigenvalue weighted by Crippen LogP contribution is -2.12. The minimum absolute atomic E-state index is 0.206. The molecular formula is C18H14BrN7OS. The molecule has 8 nitrogen and oxygen atoms in total. The second kappa shape index (κ2) is 7.95. The van der Waals surface area contributed by atoms with Crippen molar-refractivity contribution in [3.63, 3.8) is 0 Å². The molecule has 0 aliphatic rings. The summed E-state index contributed by atoms with van der Waals surface area (Å²) >= 11 is 4.82. The minimum Gasteiger partial charge on any atom is -0.321 e. The maximum Gasteiger partial charge on any atom is 0.255 e. The summed E-state index contributed by atoms with van der Waals surface area (Å²) < 4.78 is 4.17. The summed E-state index contributed by atoms with van der Waals surface area (Å²) in [5, 5.41) is 19.2. The van der Waals surface area contributed by atoms with Gasteiger partial charge in [-0.3, -0.25) is 4.79 Å². The molecule has 2 aromatic heterocycles. The van der Waals surface area contributed by atoms with Crippen LogP contribution in [0, 0.1) is 0 Å². The standard InChI is InChI=1S/C18H14BrN7OS/c1-25-18(22-23-24-25)28-16-8-5-13(19)11-15(16)21-17(27)12-3-6-14(7-4-12)26-10-2-9-20-26/h2-11H,1H3,(H,21,27). The number of nitrogens with one attached hydrogen (secondary N) is 1. The molecule has 0 spiro atoms. The van der Waals surface area contributed by atoms with Gasteiger partial charge in [0.25, 0.3) is 5.91 Å². The molecule has 4 aromatic rings. The third-order valence-corrected chi connectivity index (χ3v) is 5.47. The molecule has 1 N–H and O–H groups in total. The Balaban J connectivity index is 1.55. The monoisotopic (exact) mass is 455 g/mol. The molecular weight excluding hydrogens is 442 g/mol. The number of hydrogen-bond donors (Lipinski definition) is 1. The number of rotatable bonds is 5. The summed E-state index contributed by atoms with van der Waals surface area (Å²) in [6.45, 7) is 0. The summed E-state index contributed by atoms with van der Waals surface area (Å²) in [5.74, 6) is -0.206. The highest BCUT2D eigenvalue weighted by Crippen LogP contribution is 2.34. The molecule has 2 aromatic carbocycles. The Bertz CT molecular complexity index is 1110. The normalized spacial score (nSPS) is 10.8. The number of carbonyl (C=O) groups is 1. The topological polar surface area (TPSA) is 90.5 Å². The van der Waals surface area contributed by atoms with E-state index in [0.29, 0.717) is 16.4 Å². The van der Waals surface area contributed by atoms with E-state index in [9.17, 15) is 4.79 Å². The largest absolute Gasteiger partial charge is 0.321 e. The van der Waals surface area contributed by atoms with E-state index in [2.05, 4.69) is 41.9 Å². The number of hydrogen-bond acceptors (Lipinski definition) is 6. The Labute approximate surface area is 173 Å². The van der Waals surface area contributed by atoms with E-state index < -0.39 is 0 Å². The fourth-order valence-electron chi connectivity index (χ4n) is 2.48. The number of aromatic nitrogens is 6. The first-order valence-corrected chi connectivity index (χ1v) is 9.82. The molecule has 0 aliphatic carbocycles. The molecule has 28 heavy (non-hydrogen) atoms. The Morgan fingerprint density at radius 1 is 1.18 bits per heavy atom. The Kier molecular flexibility index (Phi) is 5.22. The molecule has 140 valence electrons. The predicted molar refractivity (Wildman–Crippen MR) is 109 cm³/mol. The third-order valence-electron chi connectivity index (χ3n) is 3.87. The number of halogens is 1. The average Bonchev–Trinajstić information content (AvgIpc) is 3.36. The van der Waals surface area contributed by atoms with Crippen molar-refractivity contribution in [3.05, 3.63) is 71.0 Å². The minimum atomic E-state index is -0.206. The van der Waals surface area contributed by atoms with Crippen molar-refractivity contribution < 1.29 is 4.79 Å². The Morgan fingerprint density at radius 3 is 2.68 bits per heavy atom. The van der Waals surface area contributed by atoms with Crippen LogP contribution in [0.4, 0.5) is 5.69 Å². The third kappa shape index (κ3) is 3.97. The zero-order valence-corrected chi connectivity index (χ0v) is 17.1. The number of benzene rings is 2. The molecule has 4 rings (SSSR count). The van der Waals surface area contributed by atoms with Crippen LogP contribution in [0.2, 0.25) is 0 Å². The molecule has 10 heteroatoms. The lowest BCUT2D eigenvalue weighted by atomic mass is 10.2. The summed E-state index contributed by atoms with van der Waals surface area (Å²) in [6, 6.07) is 14.7. The lowest BCUT2D eigenvalue weighted by Gasteiger charge is -2.11. The van der Waals surface area contributed by atoms with Crippen LogP contribution in [0.5, 0.6) is 0 Å². The van der Waals surface area contributed by atoms with Crippen LogP contribution in [0.3, 0.4) is 0 Å². The Hall–Kier alpha value is -2.98. The van der Waals surface area contributed by atoms with E-state index in [1.54, 1.807) is 34.7 Å². The maximum atomic E-state index is 12.7. The molecule has 0 saturated heterocycles. The molecule has 1 amide bonds. The number of anilines is 1. The zero-order chi connectivity index (χ0) is 19.5. The van der Waals surface area contributed by atoms with Crippen molar-refractivity contribution in [2.24, 2.45) is 7.05 Å². The smallest absolute Gasteiger partial charge is 0.255 e. The van der Waals surface area contributed by atoms with Gasteiger partial charge in [-0.2, -0.15) is 5.10 Å². The summed E-state index contributed by atoms with van der Waals surface area (Å²) in [6.07, 6.45) is 3.56. The second-order valence-corrected chi connectivity index (χ2v) is 7.70. The second-order valence-electron chi connectivity index (χ2n) is 5.78.